The first-order valence-corrected chi connectivity index (χ1v) is 5.10. The summed E-state index contributed by atoms with van der Waals surface area (Å²) < 4.78 is 0. The highest BCUT2D eigenvalue weighted by Gasteiger charge is 2.08. The molecule has 4 heteroatoms. The van der Waals surface area contributed by atoms with Crippen LogP contribution in [0.3, 0.4) is 0 Å². The van der Waals surface area contributed by atoms with Crippen molar-refractivity contribution in [2.75, 3.05) is 0 Å². The number of hydrogen-bond acceptors (Lipinski definition) is 4. The Morgan fingerprint density at radius 2 is 1.21 bits per heavy atom. The van der Waals surface area contributed by atoms with E-state index in [4.69, 9.17) is 0 Å². The maximum absolute atomic E-state index is 10.9. The molecule has 0 aromatic rings. The van der Waals surface area contributed by atoms with Crippen molar-refractivity contribution in [3.8, 4) is 0 Å². The van der Waals surface area contributed by atoms with Gasteiger partial charge in [-0.3, -0.25) is 0 Å². The van der Waals surface area contributed by atoms with E-state index in [2.05, 4.69) is 9.78 Å². The third kappa shape index (κ3) is 7.58. The summed E-state index contributed by atoms with van der Waals surface area (Å²) in [5.41, 5.74) is 0. The van der Waals surface area contributed by atoms with E-state index >= 15 is 0 Å². The second-order valence-electron chi connectivity index (χ2n) is 3.12. The van der Waals surface area contributed by atoms with Gasteiger partial charge in [0.1, 0.15) is 0 Å². The zero-order chi connectivity index (χ0) is 10.8. The highest BCUT2D eigenvalue weighted by molar-refractivity contribution is 5.72. The summed E-state index contributed by atoms with van der Waals surface area (Å²) in [6.45, 7) is 3.95. The highest BCUT2D eigenvalue weighted by atomic mass is 17.2. The van der Waals surface area contributed by atoms with Crippen LogP contribution < -0.4 is 0 Å². The van der Waals surface area contributed by atoms with Crippen LogP contribution in [-0.2, 0) is 19.4 Å². The Morgan fingerprint density at radius 1 is 0.857 bits per heavy atom. The van der Waals surface area contributed by atoms with Crippen LogP contribution >= 0.6 is 0 Å². The number of hydrogen-bond donors (Lipinski definition) is 0. The van der Waals surface area contributed by atoms with Crippen LogP contribution in [0.1, 0.15) is 52.4 Å². The van der Waals surface area contributed by atoms with Crippen molar-refractivity contribution in [3.05, 3.63) is 0 Å². The summed E-state index contributed by atoms with van der Waals surface area (Å²) in [6, 6.07) is 0. The second-order valence-corrected chi connectivity index (χ2v) is 3.12. The summed E-state index contributed by atoms with van der Waals surface area (Å²) in [5.74, 6) is -0.951. The zero-order valence-electron chi connectivity index (χ0n) is 8.88. The Morgan fingerprint density at radius 3 is 1.50 bits per heavy atom. The van der Waals surface area contributed by atoms with Gasteiger partial charge in [-0.1, -0.05) is 26.7 Å². The molecule has 0 radical (unpaired) electrons. The van der Waals surface area contributed by atoms with Crippen molar-refractivity contribution in [3.63, 3.8) is 0 Å². The number of carbonyl (C=O) groups is 2. The van der Waals surface area contributed by atoms with E-state index in [1.807, 2.05) is 13.8 Å². The number of unbranched alkanes of at least 4 members (excludes halogenated alkanes) is 2. The van der Waals surface area contributed by atoms with E-state index in [-0.39, 0.29) is 0 Å². The molecular weight excluding hydrogens is 184 g/mol. The molecule has 0 aromatic carbocycles. The fourth-order valence-corrected chi connectivity index (χ4v) is 0.819. The Labute approximate surface area is 84.5 Å². The van der Waals surface area contributed by atoms with E-state index in [9.17, 15) is 9.59 Å². The van der Waals surface area contributed by atoms with E-state index in [1.54, 1.807) is 0 Å². The lowest BCUT2D eigenvalue weighted by molar-refractivity contribution is -0.259. The van der Waals surface area contributed by atoms with Gasteiger partial charge in [-0.25, -0.2) is 19.4 Å². The molecule has 0 aliphatic carbocycles. The van der Waals surface area contributed by atoms with E-state index in [1.165, 1.54) is 0 Å². The normalized spacial score (nSPS) is 9.57. The van der Waals surface area contributed by atoms with Crippen molar-refractivity contribution < 1.29 is 19.4 Å². The lowest BCUT2D eigenvalue weighted by Crippen LogP contribution is -2.10. The molecule has 0 fully saturated rings. The first-order chi connectivity index (χ1) is 6.70. The molecule has 0 bridgehead atoms. The molecule has 0 heterocycles. The Balaban J connectivity index is 3.41. The number of carbonyl (C=O) groups excluding carboxylic acids is 2. The zero-order valence-corrected chi connectivity index (χ0v) is 8.88. The minimum Gasteiger partial charge on any atom is -0.247 e. The molecule has 0 N–H and O–H groups in total. The standard InChI is InChI=1S/C10H18O4/c1-3-5-7-9(11)13-14-10(12)8-6-4-2/h3-8H2,1-2H3. The van der Waals surface area contributed by atoms with Crippen LogP contribution in [0.15, 0.2) is 0 Å². The van der Waals surface area contributed by atoms with Crippen LogP contribution in [-0.4, -0.2) is 11.9 Å². The van der Waals surface area contributed by atoms with Crippen LogP contribution in [0.2, 0.25) is 0 Å². The first kappa shape index (κ1) is 12.9. The van der Waals surface area contributed by atoms with Gasteiger partial charge in [0.25, 0.3) is 0 Å². The van der Waals surface area contributed by atoms with Crippen molar-refractivity contribution in [1.82, 2.24) is 0 Å². The fraction of sp³-hybridized carbons (Fsp3) is 0.800. The highest BCUT2D eigenvalue weighted by Crippen LogP contribution is 2.00. The van der Waals surface area contributed by atoms with E-state index in [0.717, 1.165) is 25.7 Å². The van der Waals surface area contributed by atoms with Crippen LogP contribution in [0.25, 0.3) is 0 Å². The monoisotopic (exact) mass is 202 g/mol. The summed E-state index contributed by atoms with van der Waals surface area (Å²) in [4.78, 5) is 30.4. The minimum absolute atomic E-state index is 0.303. The van der Waals surface area contributed by atoms with Crippen molar-refractivity contribution in [2.45, 2.75) is 52.4 Å². The smallest absolute Gasteiger partial charge is 0.247 e. The van der Waals surface area contributed by atoms with E-state index in [0.29, 0.717) is 12.8 Å². The largest absolute Gasteiger partial charge is 0.355 e. The van der Waals surface area contributed by atoms with Gasteiger partial charge in [-0.05, 0) is 12.8 Å². The van der Waals surface area contributed by atoms with Crippen molar-refractivity contribution in [2.24, 2.45) is 0 Å². The second kappa shape index (κ2) is 8.53. The average molecular weight is 202 g/mol. The minimum atomic E-state index is -0.475. The predicted octanol–water partition coefficient (Wildman–Crippen LogP) is 2.37. The van der Waals surface area contributed by atoms with E-state index < -0.39 is 11.9 Å². The Hall–Kier alpha value is -1.06. The summed E-state index contributed by atoms with van der Waals surface area (Å²) in [5, 5.41) is 0. The van der Waals surface area contributed by atoms with Gasteiger partial charge in [0.05, 0.1) is 12.8 Å². The van der Waals surface area contributed by atoms with Gasteiger partial charge in [-0.2, -0.15) is 0 Å². The molecule has 0 saturated carbocycles. The molecule has 0 rings (SSSR count). The van der Waals surface area contributed by atoms with Gasteiger partial charge in [0.15, 0.2) is 0 Å². The average Bonchev–Trinajstić information content (AvgIpc) is 2.20. The molecule has 0 aliphatic rings. The molecule has 0 unspecified atom stereocenters. The van der Waals surface area contributed by atoms with Gasteiger partial charge in [0, 0.05) is 0 Å². The molecule has 0 atom stereocenters. The van der Waals surface area contributed by atoms with Crippen LogP contribution in [0, 0.1) is 0 Å². The fourth-order valence-electron chi connectivity index (χ4n) is 0.819. The van der Waals surface area contributed by atoms with Gasteiger partial charge >= 0.3 is 11.9 Å². The topological polar surface area (TPSA) is 52.6 Å². The lowest BCUT2D eigenvalue weighted by Gasteiger charge is -2.01. The maximum Gasteiger partial charge on any atom is 0.355 e. The molecule has 14 heavy (non-hydrogen) atoms. The molecule has 0 aromatic heterocycles. The van der Waals surface area contributed by atoms with Crippen molar-refractivity contribution in [1.29, 1.82) is 0 Å². The van der Waals surface area contributed by atoms with Crippen LogP contribution in [0.5, 0.6) is 0 Å². The molecule has 4 nitrogen and oxygen atoms in total. The van der Waals surface area contributed by atoms with Gasteiger partial charge in [-0.15, -0.1) is 0 Å². The lowest BCUT2D eigenvalue weighted by atomic mass is 10.2. The molecule has 0 spiro atoms. The third-order valence-corrected chi connectivity index (χ3v) is 1.70. The van der Waals surface area contributed by atoms with Gasteiger partial charge < -0.3 is 0 Å². The SMILES string of the molecule is CCCCC(=O)OOC(=O)CCCC. The summed E-state index contributed by atoms with van der Waals surface area (Å²) in [7, 11) is 0. The van der Waals surface area contributed by atoms with Crippen LogP contribution in [0.4, 0.5) is 0 Å². The third-order valence-electron chi connectivity index (χ3n) is 1.70. The first-order valence-electron chi connectivity index (χ1n) is 5.10. The Bertz CT molecular complexity index is 157. The predicted molar refractivity (Wildman–Crippen MR) is 51.2 cm³/mol. The molecule has 0 aliphatic heterocycles. The molecule has 82 valence electrons. The summed E-state index contributed by atoms with van der Waals surface area (Å²) in [6.07, 6.45) is 3.95. The maximum atomic E-state index is 10.9. The Kier molecular flexibility index (Phi) is 7.89. The molecule has 0 amide bonds. The van der Waals surface area contributed by atoms with Gasteiger partial charge in [0.2, 0.25) is 0 Å². The summed E-state index contributed by atoms with van der Waals surface area (Å²) >= 11 is 0. The quantitative estimate of drug-likeness (QED) is 0.490. The van der Waals surface area contributed by atoms with Crippen molar-refractivity contribution >= 4 is 11.9 Å². The number of rotatable bonds is 6. The molecular formula is C10H18O4. The molecule has 0 saturated heterocycles.